The first-order valence-electron chi connectivity index (χ1n) is 19.6. The van der Waals surface area contributed by atoms with E-state index in [9.17, 15) is 0 Å². The van der Waals surface area contributed by atoms with Gasteiger partial charge in [0.2, 0.25) is 0 Å². The summed E-state index contributed by atoms with van der Waals surface area (Å²) in [5.41, 5.74) is 13.4. The maximum Gasteiger partial charge on any atom is 0.138 e. The topological polar surface area (TPSA) is 29.5 Å². The minimum absolute atomic E-state index is 0.832. The fourth-order valence-corrected chi connectivity index (χ4v) is 10.0. The van der Waals surface area contributed by atoms with Crippen molar-refractivity contribution >= 4 is 92.4 Å². The lowest BCUT2D eigenvalue weighted by Crippen LogP contribution is -2.11. The van der Waals surface area contributed by atoms with Gasteiger partial charge >= 0.3 is 0 Å². The number of hydrogen-bond acceptors (Lipinski definition) is 4. The van der Waals surface area contributed by atoms with Gasteiger partial charge in [0.1, 0.15) is 22.3 Å². The first-order chi connectivity index (χ1) is 28.7. The summed E-state index contributed by atoms with van der Waals surface area (Å²) in [6, 6.07) is 71.4. The van der Waals surface area contributed by atoms with Gasteiger partial charge in [0.05, 0.1) is 16.8 Å². The van der Waals surface area contributed by atoms with Crippen molar-refractivity contribution in [2.24, 2.45) is 0 Å². The SMILES string of the molecule is c1ccc(-c2ccc3c(c2)oc2cc(-c4ccccc4)cc(N(c4ccc5c(c4)oc4ccccc45)c4ccc(-c5ccccc5)c5sc6ccccc6c45)c23)cc1. The van der Waals surface area contributed by atoms with Crippen molar-refractivity contribution in [3.63, 3.8) is 0 Å². The summed E-state index contributed by atoms with van der Waals surface area (Å²) in [7, 11) is 0. The molecule has 0 bridgehead atoms. The van der Waals surface area contributed by atoms with Crippen LogP contribution in [0.1, 0.15) is 0 Å². The second kappa shape index (κ2) is 13.1. The summed E-state index contributed by atoms with van der Waals surface area (Å²) in [5.74, 6) is 0. The molecule has 0 amide bonds. The van der Waals surface area contributed by atoms with E-state index in [0.717, 1.165) is 83.2 Å². The Balaban J connectivity index is 1.21. The molecule has 3 nitrogen and oxygen atoms in total. The molecular weight excluding hydrogens is 727 g/mol. The van der Waals surface area contributed by atoms with Crippen molar-refractivity contribution in [3.05, 3.63) is 200 Å². The number of benzene rings is 9. The monoisotopic (exact) mass is 759 g/mol. The van der Waals surface area contributed by atoms with Gasteiger partial charge in [-0.1, -0.05) is 140 Å². The van der Waals surface area contributed by atoms with Crippen molar-refractivity contribution < 1.29 is 8.83 Å². The van der Waals surface area contributed by atoms with E-state index < -0.39 is 0 Å². The number of rotatable bonds is 6. The maximum atomic E-state index is 6.93. The van der Waals surface area contributed by atoms with Gasteiger partial charge in [-0.2, -0.15) is 0 Å². The van der Waals surface area contributed by atoms with Crippen LogP contribution in [0.4, 0.5) is 17.1 Å². The summed E-state index contributed by atoms with van der Waals surface area (Å²) < 4.78 is 16.0. The molecule has 272 valence electrons. The molecule has 0 aliphatic rings. The Labute approximate surface area is 338 Å². The fraction of sp³-hybridized carbons (Fsp3) is 0. The molecule has 0 atom stereocenters. The lowest BCUT2D eigenvalue weighted by Gasteiger charge is -2.28. The molecule has 0 aliphatic carbocycles. The van der Waals surface area contributed by atoms with Crippen LogP contribution in [0.25, 0.3) is 97.4 Å². The van der Waals surface area contributed by atoms with Crippen LogP contribution in [-0.2, 0) is 0 Å². The summed E-state index contributed by atoms with van der Waals surface area (Å²) in [6.07, 6.45) is 0. The number of anilines is 3. The van der Waals surface area contributed by atoms with Crippen LogP contribution in [0.3, 0.4) is 0 Å². The zero-order valence-corrected chi connectivity index (χ0v) is 32.0. The molecule has 0 radical (unpaired) electrons. The Hall–Kier alpha value is -7.40. The van der Waals surface area contributed by atoms with Crippen molar-refractivity contribution in [1.82, 2.24) is 0 Å². The van der Waals surface area contributed by atoms with Gasteiger partial charge in [0.25, 0.3) is 0 Å². The molecule has 0 saturated heterocycles. The van der Waals surface area contributed by atoms with Crippen molar-refractivity contribution in [2.75, 3.05) is 4.90 Å². The van der Waals surface area contributed by atoms with Crippen LogP contribution in [0.15, 0.2) is 209 Å². The third-order valence-electron chi connectivity index (χ3n) is 11.5. The Bertz CT molecular complexity index is 3510. The van der Waals surface area contributed by atoms with Crippen LogP contribution in [0.5, 0.6) is 0 Å². The second-order valence-corrected chi connectivity index (χ2v) is 15.9. The van der Waals surface area contributed by atoms with Gasteiger partial charge in [-0.25, -0.2) is 0 Å². The van der Waals surface area contributed by atoms with E-state index in [2.05, 4.69) is 193 Å². The molecule has 12 aromatic rings. The number of fused-ring (bicyclic) bond motifs is 9. The van der Waals surface area contributed by atoms with E-state index in [0.29, 0.717) is 0 Å². The minimum atomic E-state index is 0.832. The largest absolute Gasteiger partial charge is 0.456 e. The zero-order valence-electron chi connectivity index (χ0n) is 31.2. The normalized spacial score (nSPS) is 11.8. The Morgan fingerprint density at radius 1 is 0.345 bits per heavy atom. The van der Waals surface area contributed by atoms with Crippen LogP contribution in [0, 0.1) is 0 Å². The second-order valence-electron chi connectivity index (χ2n) is 14.8. The predicted molar refractivity (Wildman–Crippen MR) is 245 cm³/mol. The van der Waals surface area contributed by atoms with Gasteiger partial charge in [-0.3, -0.25) is 0 Å². The number of thiophene rings is 1. The summed E-state index contributed by atoms with van der Waals surface area (Å²) in [6.45, 7) is 0. The van der Waals surface area contributed by atoms with Crippen LogP contribution < -0.4 is 4.90 Å². The fourth-order valence-electron chi connectivity index (χ4n) is 8.77. The van der Waals surface area contributed by atoms with E-state index in [4.69, 9.17) is 8.83 Å². The minimum Gasteiger partial charge on any atom is -0.456 e. The van der Waals surface area contributed by atoms with Crippen molar-refractivity contribution in [3.8, 4) is 33.4 Å². The van der Waals surface area contributed by atoms with Gasteiger partial charge in [-0.15, -0.1) is 11.3 Å². The first kappa shape index (κ1) is 32.8. The summed E-state index contributed by atoms with van der Waals surface area (Å²) in [4.78, 5) is 2.44. The number of hydrogen-bond donors (Lipinski definition) is 0. The molecule has 3 heterocycles. The molecule has 0 spiro atoms. The lowest BCUT2D eigenvalue weighted by atomic mass is 9.97. The number of para-hydroxylation sites is 1. The standard InChI is InChI=1S/C54H33NO2S/c1-4-14-34(15-5-1)37-24-26-43-48(31-37)57-50-32-38(35-16-6-2-7-17-35)30-46(52(43)50)55(39-25-27-42-41-20-10-12-22-47(41)56-49(42)33-39)45-29-28-40(36-18-8-3-9-19-36)54-53(45)44-21-11-13-23-51(44)58-54/h1-33H. The quantitative estimate of drug-likeness (QED) is 0.169. The summed E-state index contributed by atoms with van der Waals surface area (Å²) in [5, 5.41) is 6.76. The average molecular weight is 760 g/mol. The third-order valence-corrected chi connectivity index (χ3v) is 12.7. The van der Waals surface area contributed by atoms with Gasteiger partial charge in [-0.05, 0) is 88.0 Å². The maximum absolute atomic E-state index is 6.93. The third kappa shape index (κ3) is 5.19. The average Bonchev–Trinajstić information content (AvgIpc) is 3.98. The molecule has 0 saturated carbocycles. The Kier molecular flexibility index (Phi) is 7.40. The van der Waals surface area contributed by atoms with Crippen molar-refractivity contribution in [1.29, 1.82) is 0 Å². The number of furan rings is 2. The smallest absolute Gasteiger partial charge is 0.138 e. The highest BCUT2D eigenvalue weighted by molar-refractivity contribution is 7.26. The zero-order chi connectivity index (χ0) is 38.2. The van der Waals surface area contributed by atoms with Crippen LogP contribution in [-0.4, -0.2) is 0 Å². The molecule has 3 aromatic heterocycles. The Morgan fingerprint density at radius 2 is 0.948 bits per heavy atom. The molecule has 4 heteroatoms. The molecule has 12 rings (SSSR count). The van der Waals surface area contributed by atoms with Crippen molar-refractivity contribution in [2.45, 2.75) is 0 Å². The first-order valence-corrected chi connectivity index (χ1v) is 20.4. The number of nitrogens with zero attached hydrogens (tertiary/aromatic N) is 1. The lowest BCUT2D eigenvalue weighted by molar-refractivity contribution is 0.669. The van der Waals surface area contributed by atoms with Gasteiger partial charge in [0, 0.05) is 48.1 Å². The van der Waals surface area contributed by atoms with Gasteiger partial charge in [0.15, 0.2) is 0 Å². The molecule has 9 aromatic carbocycles. The van der Waals surface area contributed by atoms with Crippen LogP contribution in [0.2, 0.25) is 0 Å². The molecule has 0 aliphatic heterocycles. The molecule has 58 heavy (non-hydrogen) atoms. The highest BCUT2D eigenvalue weighted by atomic mass is 32.1. The molecular formula is C54H33NO2S. The van der Waals surface area contributed by atoms with E-state index in [1.165, 1.54) is 31.3 Å². The highest BCUT2D eigenvalue weighted by Gasteiger charge is 2.26. The van der Waals surface area contributed by atoms with Gasteiger partial charge < -0.3 is 13.7 Å². The molecule has 0 fully saturated rings. The predicted octanol–water partition coefficient (Wildman–Crippen LogP) is 16.3. The van der Waals surface area contributed by atoms with E-state index in [-0.39, 0.29) is 0 Å². The summed E-state index contributed by atoms with van der Waals surface area (Å²) >= 11 is 1.85. The Morgan fingerprint density at radius 3 is 1.74 bits per heavy atom. The van der Waals surface area contributed by atoms with E-state index in [1.54, 1.807) is 0 Å². The highest BCUT2D eigenvalue weighted by Crippen LogP contribution is 2.52. The molecule has 0 N–H and O–H groups in total. The van der Waals surface area contributed by atoms with E-state index >= 15 is 0 Å². The molecule has 0 unspecified atom stereocenters. The van der Waals surface area contributed by atoms with E-state index in [1.807, 2.05) is 23.5 Å². The van der Waals surface area contributed by atoms with Crippen LogP contribution >= 0.6 is 11.3 Å².